The molecule has 0 aliphatic rings. The summed E-state index contributed by atoms with van der Waals surface area (Å²) in [6.45, 7) is 6.17. The van der Waals surface area contributed by atoms with Gasteiger partial charge in [0, 0.05) is 0 Å². The van der Waals surface area contributed by atoms with Crippen LogP contribution in [0.5, 0.6) is 0 Å². The summed E-state index contributed by atoms with van der Waals surface area (Å²) in [6.07, 6.45) is 18.2. The molecule has 0 unspecified atom stereocenters. The highest BCUT2D eigenvalue weighted by Crippen LogP contribution is 2.13. The van der Waals surface area contributed by atoms with Gasteiger partial charge in [-0.1, -0.05) is 84.5 Å². The second kappa shape index (κ2) is 17.4. The van der Waals surface area contributed by atoms with E-state index >= 15 is 0 Å². The van der Waals surface area contributed by atoms with Gasteiger partial charge in [-0.25, -0.2) is 0 Å². The normalized spacial score (nSPS) is 11.0. The number of hydrogen-bond acceptors (Lipinski definition) is 1. The number of hydrogen-bond donors (Lipinski definition) is 0. The van der Waals surface area contributed by atoms with Crippen molar-refractivity contribution in [1.82, 2.24) is 0 Å². The molecule has 109 valence electrons. The lowest BCUT2D eigenvalue weighted by Crippen LogP contribution is -1.86. The highest BCUT2D eigenvalue weighted by molar-refractivity contribution is 7.99. The van der Waals surface area contributed by atoms with E-state index in [0.717, 1.165) is 6.42 Å². The van der Waals surface area contributed by atoms with E-state index in [4.69, 9.17) is 0 Å². The van der Waals surface area contributed by atoms with E-state index in [1.54, 1.807) is 0 Å². The smallest absolute Gasteiger partial charge is 0.00675 e. The fourth-order valence-electron chi connectivity index (χ4n) is 2.17. The van der Waals surface area contributed by atoms with E-state index in [2.05, 4.69) is 25.6 Å². The van der Waals surface area contributed by atoms with E-state index in [1.807, 2.05) is 0 Å². The number of thioether (sulfide) groups is 1. The maximum absolute atomic E-state index is 3.88. The van der Waals surface area contributed by atoms with E-state index in [0.29, 0.717) is 0 Å². The van der Waals surface area contributed by atoms with Crippen molar-refractivity contribution in [3.05, 3.63) is 6.92 Å². The minimum atomic E-state index is 1.12. The van der Waals surface area contributed by atoms with Crippen LogP contribution in [0.15, 0.2) is 0 Å². The molecule has 1 radical (unpaired) electrons. The Balaban J connectivity index is 2.86. The zero-order valence-electron chi connectivity index (χ0n) is 12.7. The molecule has 0 aromatic rings. The fraction of sp³-hybridized carbons (Fsp3) is 0.941. The van der Waals surface area contributed by atoms with Gasteiger partial charge in [-0.3, -0.25) is 0 Å². The molecule has 0 heterocycles. The first-order valence-electron chi connectivity index (χ1n) is 8.28. The van der Waals surface area contributed by atoms with Gasteiger partial charge in [0.1, 0.15) is 0 Å². The Morgan fingerprint density at radius 2 is 1.06 bits per heavy atom. The summed E-state index contributed by atoms with van der Waals surface area (Å²) in [5.41, 5.74) is 0. The van der Waals surface area contributed by atoms with Gasteiger partial charge in [0.15, 0.2) is 0 Å². The zero-order valence-corrected chi connectivity index (χ0v) is 13.5. The molecule has 0 atom stereocenters. The van der Waals surface area contributed by atoms with Crippen LogP contribution in [0, 0.1) is 6.92 Å². The Labute approximate surface area is 121 Å². The van der Waals surface area contributed by atoms with Crippen molar-refractivity contribution in [2.24, 2.45) is 0 Å². The van der Waals surface area contributed by atoms with Crippen LogP contribution in [0.3, 0.4) is 0 Å². The first-order chi connectivity index (χ1) is 8.91. The molecule has 0 saturated heterocycles. The molecule has 0 aromatic carbocycles. The number of rotatable bonds is 15. The average molecular weight is 272 g/mol. The van der Waals surface area contributed by atoms with Gasteiger partial charge in [-0.2, -0.15) is 11.8 Å². The van der Waals surface area contributed by atoms with Crippen LogP contribution < -0.4 is 0 Å². The van der Waals surface area contributed by atoms with Crippen LogP contribution in [0.25, 0.3) is 0 Å². The molecular weight excluding hydrogens is 236 g/mol. The Bertz CT molecular complexity index is 118. The van der Waals surface area contributed by atoms with Crippen molar-refractivity contribution < 1.29 is 0 Å². The van der Waals surface area contributed by atoms with Gasteiger partial charge < -0.3 is 0 Å². The highest BCUT2D eigenvalue weighted by atomic mass is 32.2. The quantitative estimate of drug-likeness (QED) is 0.301. The summed E-state index contributed by atoms with van der Waals surface area (Å²) in [4.78, 5) is 0. The molecule has 0 spiro atoms. The third kappa shape index (κ3) is 16.4. The molecule has 0 fully saturated rings. The lowest BCUT2D eigenvalue weighted by molar-refractivity contribution is 0.586. The second-order valence-electron chi connectivity index (χ2n) is 5.36. The minimum Gasteiger partial charge on any atom is -0.162 e. The lowest BCUT2D eigenvalue weighted by atomic mass is 10.1. The summed E-state index contributed by atoms with van der Waals surface area (Å²) in [5.74, 6) is 2.78. The van der Waals surface area contributed by atoms with Gasteiger partial charge in [-0.05, 0) is 24.3 Å². The predicted molar refractivity (Wildman–Crippen MR) is 88.4 cm³/mol. The molecular formula is C17H35S. The largest absolute Gasteiger partial charge is 0.162 e. The first-order valence-corrected chi connectivity index (χ1v) is 9.44. The molecule has 18 heavy (non-hydrogen) atoms. The van der Waals surface area contributed by atoms with Crippen molar-refractivity contribution in [3.8, 4) is 0 Å². The van der Waals surface area contributed by atoms with Gasteiger partial charge in [0.25, 0.3) is 0 Å². The summed E-state index contributed by atoms with van der Waals surface area (Å²) in [7, 11) is 0. The van der Waals surface area contributed by atoms with E-state index in [1.165, 1.54) is 88.6 Å². The topological polar surface area (TPSA) is 0 Å². The molecule has 0 aliphatic carbocycles. The fourth-order valence-corrected chi connectivity index (χ4v) is 3.20. The third-order valence-corrected chi connectivity index (χ3v) is 4.59. The van der Waals surface area contributed by atoms with Crippen molar-refractivity contribution in [2.45, 2.75) is 90.4 Å². The van der Waals surface area contributed by atoms with Crippen LogP contribution in [-0.2, 0) is 0 Å². The van der Waals surface area contributed by atoms with Crippen LogP contribution in [-0.4, -0.2) is 11.5 Å². The molecule has 0 amide bonds. The van der Waals surface area contributed by atoms with Gasteiger partial charge in [0.05, 0.1) is 0 Å². The maximum atomic E-state index is 3.88. The molecule has 0 aliphatic heterocycles. The minimum absolute atomic E-state index is 1.12. The van der Waals surface area contributed by atoms with Gasteiger partial charge in [0.2, 0.25) is 0 Å². The van der Waals surface area contributed by atoms with E-state index in [9.17, 15) is 0 Å². The number of unbranched alkanes of at least 4 members (excludes halogenated alkanes) is 11. The van der Waals surface area contributed by atoms with E-state index in [-0.39, 0.29) is 0 Å². The van der Waals surface area contributed by atoms with Crippen molar-refractivity contribution >= 4 is 11.8 Å². The highest BCUT2D eigenvalue weighted by Gasteiger charge is 1.93. The van der Waals surface area contributed by atoms with Gasteiger partial charge in [-0.15, -0.1) is 0 Å². The molecule has 0 N–H and O–H groups in total. The van der Waals surface area contributed by atoms with Crippen LogP contribution >= 0.6 is 11.8 Å². The summed E-state index contributed by atoms with van der Waals surface area (Å²) >= 11 is 2.17. The second-order valence-corrected chi connectivity index (χ2v) is 6.58. The summed E-state index contributed by atoms with van der Waals surface area (Å²) in [5, 5.41) is 0. The van der Waals surface area contributed by atoms with Gasteiger partial charge >= 0.3 is 0 Å². The van der Waals surface area contributed by atoms with Crippen LogP contribution in [0.4, 0.5) is 0 Å². The van der Waals surface area contributed by atoms with Crippen molar-refractivity contribution in [2.75, 3.05) is 11.5 Å². The molecule has 0 aromatic heterocycles. The van der Waals surface area contributed by atoms with Crippen LogP contribution in [0.2, 0.25) is 0 Å². The molecule has 0 nitrogen and oxygen atoms in total. The lowest BCUT2D eigenvalue weighted by Gasteiger charge is -2.03. The monoisotopic (exact) mass is 271 g/mol. The third-order valence-electron chi connectivity index (χ3n) is 3.43. The SMILES string of the molecule is [CH2]CCCCCCSCCCCCCCCCC. The predicted octanol–water partition coefficient (Wildman–Crippen LogP) is 6.64. The van der Waals surface area contributed by atoms with Crippen molar-refractivity contribution in [3.63, 3.8) is 0 Å². The Kier molecular flexibility index (Phi) is 17.7. The molecule has 0 rings (SSSR count). The average Bonchev–Trinajstić information content (AvgIpc) is 2.39. The molecule has 0 bridgehead atoms. The standard InChI is InChI=1S/C17H35S/c1-3-5-7-9-10-11-13-15-17-18-16-14-12-8-6-4-2/h2-17H2,1H3. The first kappa shape index (κ1) is 18.4. The Morgan fingerprint density at radius 1 is 0.611 bits per heavy atom. The van der Waals surface area contributed by atoms with Crippen molar-refractivity contribution in [1.29, 1.82) is 0 Å². The maximum Gasteiger partial charge on any atom is -0.00675 e. The van der Waals surface area contributed by atoms with E-state index < -0.39 is 0 Å². The van der Waals surface area contributed by atoms with Crippen LogP contribution in [0.1, 0.15) is 90.4 Å². The summed E-state index contributed by atoms with van der Waals surface area (Å²) < 4.78 is 0. The zero-order chi connectivity index (χ0) is 13.3. The Morgan fingerprint density at radius 3 is 1.56 bits per heavy atom. The molecule has 1 heteroatoms. The molecule has 0 saturated carbocycles. The summed E-state index contributed by atoms with van der Waals surface area (Å²) in [6, 6.07) is 0. The Hall–Kier alpha value is 0.350.